The minimum Gasteiger partial charge on any atom is -0.456 e. The summed E-state index contributed by atoms with van der Waals surface area (Å²) in [5.41, 5.74) is 2.34. The van der Waals surface area contributed by atoms with Crippen molar-refractivity contribution in [2.24, 2.45) is 11.8 Å². The molecule has 3 aromatic rings. The van der Waals surface area contributed by atoms with Gasteiger partial charge in [0.1, 0.15) is 17.1 Å². The van der Waals surface area contributed by atoms with Gasteiger partial charge in [-0.3, -0.25) is 9.20 Å². The van der Waals surface area contributed by atoms with Crippen molar-refractivity contribution in [2.45, 2.75) is 65.0 Å². The van der Waals surface area contributed by atoms with Gasteiger partial charge in [0.2, 0.25) is 5.92 Å². The van der Waals surface area contributed by atoms with Gasteiger partial charge >= 0.3 is 5.97 Å². The van der Waals surface area contributed by atoms with Gasteiger partial charge in [-0.25, -0.2) is 18.6 Å². The van der Waals surface area contributed by atoms with Crippen molar-refractivity contribution < 1.29 is 18.3 Å². The van der Waals surface area contributed by atoms with Gasteiger partial charge < -0.3 is 15.0 Å². The highest BCUT2D eigenvalue weighted by Crippen LogP contribution is 2.47. The number of aromatic nitrogens is 2. The number of nitrogens with one attached hydrogen (secondary N) is 1. The zero-order valence-corrected chi connectivity index (χ0v) is 22.4. The Balaban J connectivity index is 1.47. The number of ether oxygens (including phenoxy) is 1. The van der Waals surface area contributed by atoms with E-state index in [1.54, 1.807) is 18.3 Å². The fourth-order valence-corrected chi connectivity index (χ4v) is 5.71. The van der Waals surface area contributed by atoms with Crippen molar-refractivity contribution in [3.63, 3.8) is 0 Å². The van der Waals surface area contributed by atoms with Crippen LogP contribution in [0, 0.1) is 18.8 Å². The monoisotopic (exact) mass is 524 g/mol. The van der Waals surface area contributed by atoms with Gasteiger partial charge in [0.05, 0.1) is 11.6 Å². The summed E-state index contributed by atoms with van der Waals surface area (Å²) in [5.74, 6) is -2.69. The predicted molar refractivity (Wildman–Crippen MR) is 143 cm³/mol. The Morgan fingerprint density at radius 2 is 1.82 bits per heavy atom. The van der Waals surface area contributed by atoms with Gasteiger partial charge in [-0.2, -0.15) is 0 Å². The van der Waals surface area contributed by atoms with E-state index in [1.807, 2.05) is 57.7 Å². The maximum atomic E-state index is 13.9. The molecule has 1 saturated carbocycles. The van der Waals surface area contributed by atoms with Gasteiger partial charge in [-0.05, 0) is 70.2 Å². The van der Waals surface area contributed by atoms with Gasteiger partial charge in [0, 0.05) is 49.4 Å². The van der Waals surface area contributed by atoms with Crippen LogP contribution in [0.3, 0.4) is 0 Å². The lowest BCUT2D eigenvalue weighted by atomic mass is 10.0. The van der Waals surface area contributed by atoms with Gasteiger partial charge in [0.15, 0.2) is 0 Å². The molecule has 38 heavy (non-hydrogen) atoms. The fourth-order valence-electron chi connectivity index (χ4n) is 5.71. The quantitative estimate of drug-likeness (QED) is 0.437. The summed E-state index contributed by atoms with van der Waals surface area (Å²) in [5, 5.41) is 3.41. The highest BCUT2D eigenvalue weighted by Gasteiger charge is 2.50. The molecule has 1 aromatic carbocycles. The van der Waals surface area contributed by atoms with Crippen LogP contribution in [0.1, 0.15) is 68.1 Å². The number of anilines is 2. The summed E-state index contributed by atoms with van der Waals surface area (Å²) in [4.78, 5) is 32.8. The minimum atomic E-state index is -2.60. The predicted octanol–water partition coefficient (Wildman–Crippen LogP) is 5.61. The Morgan fingerprint density at radius 1 is 1.16 bits per heavy atom. The molecule has 1 aliphatic carbocycles. The molecule has 0 radical (unpaired) electrons. The molecule has 0 bridgehead atoms. The average Bonchev–Trinajstić information content (AvgIpc) is 3.31. The second-order valence-corrected chi connectivity index (χ2v) is 11.7. The Kier molecular flexibility index (Phi) is 6.44. The van der Waals surface area contributed by atoms with Crippen molar-refractivity contribution in [3.8, 4) is 0 Å². The molecule has 9 heteroatoms. The first-order valence-corrected chi connectivity index (χ1v) is 13.1. The number of benzene rings is 1. The first-order chi connectivity index (χ1) is 17.8. The third-order valence-corrected chi connectivity index (χ3v) is 7.32. The van der Waals surface area contributed by atoms with Crippen LogP contribution in [0.5, 0.6) is 0 Å². The van der Waals surface area contributed by atoms with Crippen LogP contribution >= 0.6 is 0 Å². The van der Waals surface area contributed by atoms with E-state index >= 15 is 0 Å². The topological polar surface area (TPSA) is 75.9 Å². The smallest absolute Gasteiger partial charge is 0.340 e. The highest BCUT2D eigenvalue weighted by molar-refractivity contribution is 5.96. The van der Waals surface area contributed by atoms with Crippen molar-refractivity contribution in [1.29, 1.82) is 0 Å². The normalized spacial score (nSPS) is 21.4. The molecule has 5 rings (SSSR count). The molecule has 1 aliphatic heterocycles. The maximum Gasteiger partial charge on any atom is 0.340 e. The molecule has 2 aliphatic rings. The van der Waals surface area contributed by atoms with E-state index in [2.05, 4.69) is 5.32 Å². The van der Waals surface area contributed by atoms with E-state index in [0.29, 0.717) is 35.8 Å². The molecule has 0 amide bonds. The number of para-hydroxylation sites is 1. The average molecular weight is 525 g/mol. The number of aryl methyl sites for hydroxylation is 1. The number of fused-ring (bicyclic) bond motifs is 2. The van der Waals surface area contributed by atoms with Crippen LogP contribution in [0.25, 0.3) is 5.65 Å². The zero-order chi connectivity index (χ0) is 27.4. The van der Waals surface area contributed by atoms with E-state index in [-0.39, 0.29) is 36.3 Å². The first kappa shape index (κ1) is 26.1. The molecule has 0 spiro atoms. The van der Waals surface area contributed by atoms with Gasteiger partial charge in [-0.15, -0.1) is 0 Å². The van der Waals surface area contributed by atoms with E-state index in [9.17, 15) is 18.4 Å². The Labute approximate surface area is 220 Å². The van der Waals surface area contributed by atoms with Crippen LogP contribution in [0.4, 0.5) is 20.3 Å². The summed E-state index contributed by atoms with van der Waals surface area (Å²) in [6.07, 6.45) is 1.53. The lowest BCUT2D eigenvalue weighted by Crippen LogP contribution is -2.28. The molecule has 202 valence electrons. The summed E-state index contributed by atoms with van der Waals surface area (Å²) in [6, 6.07) is 10.3. The van der Waals surface area contributed by atoms with Crippen LogP contribution < -0.4 is 15.8 Å². The number of hydrogen-bond donors (Lipinski definition) is 1. The van der Waals surface area contributed by atoms with Crippen LogP contribution in [0.2, 0.25) is 0 Å². The number of pyridine rings is 1. The molecular formula is C29H34F2N4O3. The van der Waals surface area contributed by atoms with Crippen LogP contribution in [0.15, 0.2) is 47.4 Å². The van der Waals surface area contributed by atoms with Gasteiger partial charge in [-0.1, -0.05) is 12.1 Å². The summed E-state index contributed by atoms with van der Waals surface area (Å²) < 4.78 is 34.8. The number of alkyl halides is 2. The second-order valence-electron chi connectivity index (χ2n) is 11.7. The van der Waals surface area contributed by atoms with E-state index in [1.165, 1.54) is 10.5 Å². The molecule has 1 N–H and O–H groups in total. The van der Waals surface area contributed by atoms with Crippen molar-refractivity contribution in [1.82, 2.24) is 9.38 Å². The SMILES string of the molecule is Cc1cc(C(C)Nc2ccccc2C(=O)OC(C)(C)C)c2nc(N3C[C@@H]4CC(F)(F)C[C@@H]4C3)cc(=O)n2c1. The van der Waals surface area contributed by atoms with Crippen molar-refractivity contribution in [3.05, 3.63) is 69.6 Å². The molecule has 3 heterocycles. The number of carbonyl (C=O) groups excluding carboxylic acids is 1. The lowest BCUT2D eigenvalue weighted by molar-refractivity contribution is 0.00155. The number of halogens is 2. The molecule has 3 atom stereocenters. The van der Waals surface area contributed by atoms with E-state index in [0.717, 1.165) is 11.1 Å². The summed E-state index contributed by atoms with van der Waals surface area (Å²) in [7, 11) is 0. The Morgan fingerprint density at radius 3 is 2.47 bits per heavy atom. The molecule has 2 aromatic heterocycles. The number of hydrogen-bond acceptors (Lipinski definition) is 6. The molecule has 1 unspecified atom stereocenters. The maximum absolute atomic E-state index is 13.9. The number of nitrogens with zero attached hydrogens (tertiary/aromatic N) is 3. The minimum absolute atomic E-state index is 0.0901. The Bertz CT molecular complexity index is 1430. The third kappa shape index (κ3) is 5.24. The summed E-state index contributed by atoms with van der Waals surface area (Å²) >= 11 is 0. The highest BCUT2D eigenvalue weighted by atomic mass is 19.3. The first-order valence-electron chi connectivity index (χ1n) is 13.1. The zero-order valence-electron chi connectivity index (χ0n) is 22.4. The van der Waals surface area contributed by atoms with E-state index in [4.69, 9.17) is 9.72 Å². The Hall–Kier alpha value is -3.49. The second kappa shape index (κ2) is 9.36. The largest absolute Gasteiger partial charge is 0.456 e. The fraction of sp³-hybridized carbons (Fsp3) is 0.483. The number of rotatable bonds is 5. The van der Waals surface area contributed by atoms with Crippen LogP contribution in [-0.2, 0) is 4.74 Å². The lowest BCUT2D eigenvalue weighted by Gasteiger charge is -2.24. The van der Waals surface area contributed by atoms with Crippen molar-refractivity contribution in [2.75, 3.05) is 23.3 Å². The molecular weight excluding hydrogens is 490 g/mol. The molecule has 7 nitrogen and oxygen atoms in total. The third-order valence-electron chi connectivity index (χ3n) is 7.32. The molecule has 2 fully saturated rings. The van der Waals surface area contributed by atoms with Crippen molar-refractivity contribution >= 4 is 23.1 Å². The number of esters is 1. The van der Waals surface area contributed by atoms with Gasteiger partial charge in [0.25, 0.3) is 5.56 Å². The van der Waals surface area contributed by atoms with Crippen LogP contribution in [-0.4, -0.2) is 40.0 Å². The van der Waals surface area contributed by atoms with E-state index < -0.39 is 17.5 Å². The number of carbonyl (C=O) groups is 1. The summed E-state index contributed by atoms with van der Waals surface area (Å²) in [6.45, 7) is 10.3. The standard InChI is InChI=1S/C29H34F2N4O3/c1-17-10-22(18(2)32-23-9-7-6-8-21(23)27(37)38-28(3,4)5)26-33-24(11-25(36)35(26)14-17)34-15-19-12-29(30,31)13-20(19)16-34/h6-11,14,18-20,32H,12-13,15-16H2,1-5H3/t18?,19-,20+. The molecule has 1 saturated heterocycles.